The molecule has 0 aliphatic rings. The first kappa shape index (κ1) is 12.2. The van der Waals surface area contributed by atoms with Gasteiger partial charge in [-0.1, -0.05) is 41.9 Å². The van der Waals surface area contributed by atoms with E-state index in [-0.39, 0.29) is 5.41 Å². The number of nitrogens with zero attached hydrogens (tertiary/aromatic N) is 1. The van der Waals surface area contributed by atoms with E-state index in [1.54, 1.807) is 7.05 Å². The Morgan fingerprint density at radius 3 is 2.67 bits per heavy atom. The second-order valence-corrected chi connectivity index (χ2v) is 5.20. The van der Waals surface area contributed by atoms with Crippen LogP contribution in [0, 0.1) is 0 Å². The highest BCUT2D eigenvalue weighted by Crippen LogP contribution is 2.28. The molecule has 0 radical (unpaired) electrons. The van der Waals surface area contributed by atoms with E-state index >= 15 is 0 Å². The summed E-state index contributed by atoms with van der Waals surface area (Å²) in [6, 6.07) is 8.31. The molecule has 0 spiro atoms. The summed E-state index contributed by atoms with van der Waals surface area (Å²) >= 11 is 3.48. The second kappa shape index (κ2) is 4.79. The highest BCUT2D eigenvalue weighted by atomic mass is 79.9. The van der Waals surface area contributed by atoms with Gasteiger partial charge in [0, 0.05) is 17.9 Å². The topological polar surface area (TPSA) is 38.4 Å². The summed E-state index contributed by atoms with van der Waals surface area (Å²) in [5, 5.41) is 0. The van der Waals surface area contributed by atoms with Gasteiger partial charge in [-0.3, -0.25) is 4.99 Å². The second-order valence-electron chi connectivity index (χ2n) is 4.29. The summed E-state index contributed by atoms with van der Waals surface area (Å²) in [5.74, 6) is 0.694. The van der Waals surface area contributed by atoms with Crippen LogP contribution in [0.2, 0.25) is 0 Å². The lowest BCUT2D eigenvalue weighted by Gasteiger charge is -2.25. The van der Waals surface area contributed by atoms with Crippen LogP contribution >= 0.6 is 15.9 Å². The number of benzene rings is 1. The van der Waals surface area contributed by atoms with Crippen LogP contribution in [0.1, 0.15) is 25.8 Å². The Balaban J connectivity index is 2.95. The summed E-state index contributed by atoms with van der Waals surface area (Å²) < 4.78 is 1.10. The van der Waals surface area contributed by atoms with Gasteiger partial charge in [0.1, 0.15) is 0 Å². The Labute approximate surface area is 99.7 Å². The largest absolute Gasteiger partial charge is 0.387 e. The number of aliphatic imine (C=N–C) groups is 1. The molecule has 0 fully saturated rings. The fourth-order valence-electron chi connectivity index (χ4n) is 1.54. The minimum Gasteiger partial charge on any atom is -0.387 e. The normalized spacial score (nSPS) is 12.9. The number of amidine groups is 1. The van der Waals surface area contributed by atoms with E-state index in [1.165, 1.54) is 5.56 Å². The average molecular weight is 269 g/mol. The molecule has 1 aromatic carbocycles. The monoisotopic (exact) mass is 268 g/mol. The highest BCUT2D eigenvalue weighted by molar-refractivity contribution is 9.10. The van der Waals surface area contributed by atoms with Crippen molar-refractivity contribution in [3.63, 3.8) is 0 Å². The Bertz CT molecular complexity index is 370. The molecule has 1 rings (SSSR count). The van der Waals surface area contributed by atoms with Crippen molar-refractivity contribution in [1.29, 1.82) is 0 Å². The van der Waals surface area contributed by atoms with Crippen LogP contribution in [-0.4, -0.2) is 12.9 Å². The van der Waals surface area contributed by atoms with Gasteiger partial charge in [0.15, 0.2) is 0 Å². The van der Waals surface area contributed by atoms with Crippen molar-refractivity contribution in [3.8, 4) is 0 Å². The molecule has 0 saturated carbocycles. The molecule has 0 unspecified atom stereocenters. The van der Waals surface area contributed by atoms with E-state index in [0.717, 1.165) is 10.9 Å². The van der Waals surface area contributed by atoms with Crippen molar-refractivity contribution in [2.45, 2.75) is 25.7 Å². The zero-order chi connectivity index (χ0) is 11.5. The molecule has 0 aliphatic heterocycles. The average Bonchev–Trinajstić information content (AvgIpc) is 2.17. The van der Waals surface area contributed by atoms with Gasteiger partial charge >= 0.3 is 0 Å². The lowest BCUT2D eigenvalue weighted by Crippen LogP contribution is -2.26. The number of rotatable bonds is 3. The number of hydrogen-bond acceptors (Lipinski definition) is 1. The van der Waals surface area contributed by atoms with E-state index < -0.39 is 0 Å². The minimum absolute atomic E-state index is 0.0212. The smallest absolute Gasteiger partial charge is 0.0942 e. The molecule has 0 atom stereocenters. The first-order valence-electron chi connectivity index (χ1n) is 4.93. The molecule has 0 saturated heterocycles. The standard InChI is InChI=1S/C12H17BrN2/c1-12(2,8-11(14)15-3)9-5-4-6-10(13)7-9/h4-7H,8H2,1-3H3,(H2,14,15). The maximum absolute atomic E-state index is 5.77. The first-order valence-corrected chi connectivity index (χ1v) is 5.72. The fourth-order valence-corrected chi connectivity index (χ4v) is 1.94. The number of nitrogens with two attached hydrogens (primary N) is 1. The molecule has 15 heavy (non-hydrogen) atoms. The third-order valence-electron chi connectivity index (χ3n) is 2.52. The predicted octanol–water partition coefficient (Wildman–Crippen LogP) is 3.10. The van der Waals surface area contributed by atoms with E-state index in [1.807, 2.05) is 12.1 Å². The van der Waals surface area contributed by atoms with Crippen molar-refractivity contribution >= 4 is 21.8 Å². The zero-order valence-corrected chi connectivity index (χ0v) is 11.0. The quantitative estimate of drug-likeness (QED) is 0.664. The molecule has 0 heterocycles. The molecule has 2 N–H and O–H groups in total. The molecule has 82 valence electrons. The third kappa shape index (κ3) is 3.34. The lowest BCUT2D eigenvalue weighted by atomic mass is 9.81. The van der Waals surface area contributed by atoms with Crippen molar-refractivity contribution < 1.29 is 0 Å². The molecule has 0 amide bonds. The van der Waals surface area contributed by atoms with Crippen LogP contribution in [0.3, 0.4) is 0 Å². The molecule has 2 nitrogen and oxygen atoms in total. The molecule has 0 aliphatic carbocycles. The van der Waals surface area contributed by atoms with Gasteiger partial charge in [-0.2, -0.15) is 0 Å². The number of halogens is 1. The summed E-state index contributed by atoms with van der Waals surface area (Å²) in [4.78, 5) is 4.00. The number of hydrogen-bond donors (Lipinski definition) is 1. The van der Waals surface area contributed by atoms with Gasteiger partial charge in [-0.05, 0) is 23.1 Å². The van der Waals surface area contributed by atoms with Gasteiger partial charge in [0.05, 0.1) is 5.84 Å². The molecule has 0 aromatic heterocycles. The van der Waals surface area contributed by atoms with Crippen molar-refractivity contribution in [3.05, 3.63) is 34.3 Å². The summed E-state index contributed by atoms with van der Waals surface area (Å²) in [7, 11) is 1.73. The Hall–Kier alpha value is -0.830. The molecule has 3 heteroatoms. The lowest BCUT2D eigenvalue weighted by molar-refractivity contribution is 0.547. The van der Waals surface area contributed by atoms with E-state index in [4.69, 9.17) is 5.73 Å². The molecular formula is C12H17BrN2. The van der Waals surface area contributed by atoms with Gasteiger partial charge in [-0.15, -0.1) is 0 Å². The molecule has 0 bridgehead atoms. The Morgan fingerprint density at radius 2 is 2.13 bits per heavy atom. The third-order valence-corrected chi connectivity index (χ3v) is 3.01. The highest BCUT2D eigenvalue weighted by Gasteiger charge is 2.21. The SMILES string of the molecule is CN=C(N)CC(C)(C)c1cccc(Br)c1. The van der Waals surface area contributed by atoms with Gasteiger partial charge < -0.3 is 5.73 Å². The fraction of sp³-hybridized carbons (Fsp3) is 0.417. The van der Waals surface area contributed by atoms with Crippen molar-refractivity contribution in [2.75, 3.05) is 7.05 Å². The van der Waals surface area contributed by atoms with E-state index in [2.05, 4.69) is 46.9 Å². The molecule has 1 aromatic rings. The summed E-state index contributed by atoms with van der Waals surface area (Å²) in [6.45, 7) is 4.35. The van der Waals surface area contributed by atoms with Crippen LogP contribution in [0.15, 0.2) is 33.7 Å². The maximum Gasteiger partial charge on any atom is 0.0942 e. The van der Waals surface area contributed by atoms with Crippen LogP contribution < -0.4 is 5.73 Å². The van der Waals surface area contributed by atoms with Crippen LogP contribution in [-0.2, 0) is 5.41 Å². The van der Waals surface area contributed by atoms with Crippen LogP contribution in [0.4, 0.5) is 0 Å². The maximum atomic E-state index is 5.77. The molecular weight excluding hydrogens is 252 g/mol. The first-order chi connectivity index (χ1) is 6.95. The van der Waals surface area contributed by atoms with Crippen molar-refractivity contribution in [2.24, 2.45) is 10.7 Å². The summed E-state index contributed by atoms with van der Waals surface area (Å²) in [5.41, 5.74) is 7.06. The van der Waals surface area contributed by atoms with Gasteiger partial charge in [0.25, 0.3) is 0 Å². The van der Waals surface area contributed by atoms with E-state index in [9.17, 15) is 0 Å². The van der Waals surface area contributed by atoms with Gasteiger partial charge in [0.2, 0.25) is 0 Å². The van der Waals surface area contributed by atoms with Crippen LogP contribution in [0.25, 0.3) is 0 Å². The van der Waals surface area contributed by atoms with Crippen LogP contribution in [0.5, 0.6) is 0 Å². The van der Waals surface area contributed by atoms with E-state index in [0.29, 0.717) is 5.84 Å². The summed E-state index contributed by atoms with van der Waals surface area (Å²) in [6.07, 6.45) is 0.778. The zero-order valence-electron chi connectivity index (χ0n) is 9.42. The Morgan fingerprint density at radius 1 is 1.47 bits per heavy atom. The Kier molecular flexibility index (Phi) is 3.91. The minimum atomic E-state index is 0.0212. The predicted molar refractivity (Wildman–Crippen MR) is 69.3 cm³/mol. The van der Waals surface area contributed by atoms with Gasteiger partial charge in [-0.25, -0.2) is 0 Å². The van der Waals surface area contributed by atoms with Crippen molar-refractivity contribution in [1.82, 2.24) is 0 Å².